The minimum absolute atomic E-state index is 0.0426. The van der Waals surface area contributed by atoms with E-state index in [0.717, 1.165) is 6.07 Å². The van der Waals surface area contributed by atoms with Crippen LogP contribution >= 0.6 is 15.9 Å². The van der Waals surface area contributed by atoms with Crippen LogP contribution in [0.5, 0.6) is 0 Å². The molecule has 20 heavy (non-hydrogen) atoms. The highest BCUT2D eigenvalue weighted by Gasteiger charge is 2.25. The van der Waals surface area contributed by atoms with Crippen LogP contribution < -0.4 is 10.5 Å². The van der Waals surface area contributed by atoms with Gasteiger partial charge in [-0.15, -0.1) is 0 Å². The zero-order valence-electron chi connectivity index (χ0n) is 10.4. The van der Waals surface area contributed by atoms with Gasteiger partial charge in [0.2, 0.25) is 0 Å². The number of halogens is 2. The first-order chi connectivity index (χ1) is 9.36. The van der Waals surface area contributed by atoms with Crippen LogP contribution in [0.15, 0.2) is 27.6 Å². The number of H-pyrrole nitrogens is 1. The van der Waals surface area contributed by atoms with Crippen molar-refractivity contribution >= 4 is 31.6 Å². The van der Waals surface area contributed by atoms with E-state index in [9.17, 15) is 12.8 Å². The molecule has 1 aromatic carbocycles. The topological polar surface area (TPSA) is 101 Å². The molecule has 0 amide bonds. The van der Waals surface area contributed by atoms with E-state index in [4.69, 9.17) is 5.73 Å². The lowest BCUT2D eigenvalue weighted by Gasteiger charge is -2.11. The fraction of sp³-hybridized carbons (Fsp3) is 0.182. The van der Waals surface area contributed by atoms with Crippen molar-refractivity contribution in [2.24, 2.45) is 5.73 Å². The molecule has 0 saturated heterocycles. The predicted octanol–water partition coefficient (Wildman–Crippen LogP) is 1.88. The maximum absolute atomic E-state index is 13.7. The largest absolute Gasteiger partial charge is 0.325 e. The van der Waals surface area contributed by atoms with Crippen molar-refractivity contribution < 1.29 is 12.8 Å². The first-order valence-corrected chi connectivity index (χ1v) is 7.85. The Morgan fingerprint density at radius 3 is 2.80 bits per heavy atom. The lowest BCUT2D eigenvalue weighted by Crippen LogP contribution is -2.17. The number of hydrogen-bond donors (Lipinski definition) is 3. The van der Waals surface area contributed by atoms with Crippen LogP contribution in [0.3, 0.4) is 0 Å². The monoisotopic (exact) mass is 362 g/mol. The molecule has 0 saturated carbocycles. The molecule has 0 spiro atoms. The summed E-state index contributed by atoms with van der Waals surface area (Å²) >= 11 is 3.10. The second-order valence-electron chi connectivity index (χ2n) is 4.03. The van der Waals surface area contributed by atoms with Crippen molar-refractivity contribution in [3.8, 4) is 0 Å². The SMILES string of the molecule is Cc1[nH]nc(CN)c1S(=O)(=O)Nc1c(F)cccc1Br. The zero-order chi connectivity index (χ0) is 14.9. The van der Waals surface area contributed by atoms with E-state index < -0.39 is 15.8 Å². The number of nitrogens with two attached hydrogens (primary N) is 1. The van der Waals surface area contributed by atoms with Crippen LogP contribution in [0.25, 0.3) is 0 Å². The molecule has 0 radical (unpaired) electrons. The minimum Gasteiger partial charge on any atom is -0.325 e. The number of anilines is 1. The molecule has 108 valence electrons. The Hall–Kier alpha value is -1.45. The molecule has 1 heterocycles. The molecule has 0 fully saturated rings. The van der Waals surface area contributed by atoms with Crippen LogP contribution in [0.2, 0.25) is 0 Å². The van der Waals surface area contributed by atoms with E-state index in [1.807, 2.05) is 0 Å². The molecule has 0 bridgehead atoms. The van der Waals surface area contributed by atoms with Gasteiger partial charge >= 0.3 is 0 Å². The third-order valence-corrected chi connectivity index (χ3v) is 4.84. The van der Waals surface area contributed by atoms with Gasteiger partial charge in [0.05, 0.1) is 17.1 Å². The molecule has 6 nitrogen and oxygen atoms in total. The van der Waals surface area contributed by atoms with Crippen LogP contribution in [0.1, 0.15) is 11.4 Å². The lowest BCUT2D eigenvalue weighted by atomic mass is 10.3. The van der Waals surface area contributed by atoms with Gasteiger partial charge in [-0.2, -0.15) is 5.10 Å². The summed E-state index contributed by atoms with van der Waals surface area (Å²) in [4.78, 5) is -0.0600. The van der Waals surface area contributed by atoms with Crippen molar-refractivity contribution in [2.45, 2.75) is 18.4 Å². The highest BCUT2D eigenvalue weighted by molar-refractivity contribution is 9.10. The molecule has 0 unspecified atom stereocenters. The second kappa shape index (κ2) is 5.51. The summed E-state index contributed by atoms with van der Waals surface area (Å²) in [5.41, 5.74) is 5.83. The average molecular weight is 363 g/mol. The zero-order valence-corrected chi connectivity index (χ0v) is 12.8. The first-order valence-electron chi connectivity index (χ1n) is 5.57. The van der Waals surface area contributed by atoms with Gasteiger partial charge in [0.15, 0.2) is 0 Å². The molecule has 2 rings (SSSR count). The van der Waals surface area contributed by atoms with E-state index in [1.165, 1.54) is 12.1 Å². The highest BCUT2D eigenvalue weighted by atomic mass is 79.9. The normalized spacial score (nSPS) is 11.6. The predicted molar refractivity (Wildman–Crippen MR) is 76.1 cm³/mol. The number of sulfonamides is 1. The summed E-state index contributed by atoms with van der Waals surface area (Å²) in [7, 11) is -3.98. The summed E-state index contributed by atoms with van der Waals surface area (Å²) in [6.45, 7) is 1.51. The van der Waals surface area contributed by atoms with E-state index in [0.29, 0.717) is 10.2 Å². The maximum atomic E-state index is 13.7. The number of aryl methyl sites for hydroxylation is 1. The van der Waals surface area contributed by atoms with Gasteiger partial charge in [-0.05, 0) is 35.0 Å². The van der Waals surface area contributed by atoms with Gasteiger partial charge in [-0.25, -0.2) is 12.8 Å². The Morgan fingerprint density at radius 2 is 2.20 bits per heavy atom. The fourth-order valence-electron chi connectivity index (χ4n) is 1.75. The molecule has 1 aromatic heterocycles. The molecular weight excluding hydrogens is 351 g/mol. The number of nitrogens with one attached hydrogen (secondary N) is 2. The summed E-state index contributed by atoms with van der Waals surface area (Å²) in [5.74, 6) is -0.682. The van der Waals surface area contributed by atoms with Crippen molar-refractivity contribution in [1.82, 2.24) is 10.2 Å². The molecule has 9 heteroatoms. The fourth-order valence-corrected chi connectivity index (χ4v) is 3.78. The number of aromatic nitrogens is 2. The molecule has 0 atom stereocenters. The van der Waals surface area contributed by atoms with Gasteiger partial charge < -0.3 is 5.73 Å². The smallest absolute Gasteiger partial charge is 0.265 e. The van der Waals surface area contributed by atoms with Crippen molar-refractivity contribution in [2.75, 3.05) is 4.72 Å². The Morgan fingerprint density at radius 1 is 1.50 bits per heavy atom. The van der Waals surface area contributed by atoms with Crippen molar-refractivity contribution in [1.29, 1.82) is 0 Å². The third kappa shape index (κ3) is 2.69. The van der Waals surface area contributed by atoms with Crippen molar-refractivity contribution in [3.05, 3.63) is 39.9 Å². The number of para-hydroxylation sites is 1. The van der Waals surface area contributed by atoms with E-state index in [-0.39, 0.29) is 22.8 Å². The Bertz CT molecular complexity index is 725. The maximum Gasteiger partial charge on any atom is 0.265 e. The van der Waals surface area contributed by atoms with Gasteiger partial charge in [0.1, 0.15) is 10.7 Å². The molecule has 4 N–H and O–H groups in total. The highest BCUT2D eigenvalue weighted by Crippen LogP contribution is 2.29. The van der Waals surface area contributed by atoms with Gasteiger partial charge in [0, 0.05) is 11.0 Å². The summed E-state index contributed by atoms with van der Waals surface area (Å²) in [6.07, 6.45) is 0. The standard InChI is InChI=1S/C11H12BrFN4O2S/c1-6-11(9(5-14)16-15-6)20(18,19)17-10-7(12)3-2-4-8(10)13/h2-4,17H,5,14H2,1H3,(H,15,16). The molecule has 0 aliphatic heterocycles. The van der Waals surface area contributed by atoms with Gasteiger partial charge in [-0.1, -0.05) is 6.07 Å². The molecular formula is C11H12BrFN4O2S. The van der Waals surface area contributed by atoms with Crippen LogP contribution in [-0.4, -0.2) is 18.6 Å². The Kier molecular flexibility index (Phi) is 4.11. The summed E-state index contributed by atoms with van der Waals surface area (Å²) in [5, 5.41) is 6.37. The average Bonchev–Trinajstić information content (AvgIpc) is 2.76. The Labute approximate surface area is 123 Å². The number of rotatable bonds is 4. The number of benzene rings is 1. The number of nitrogens with zero attached hydrogens (tertiary/aromatic N) is 1. The van der Waals surface area contributed by atoms with Crippen LogP contribution in [-0.2, 0) is 16.6 Å². The summed E-state index contributed by atoms with van der Waals surface area (Å²) in [6, 6.07) is 4.16. The third-order valence-electron chi connectivity index (χ3n) is 2.62. The number of hydrogen-bond acceptors (Lipinski definition) is 4. The second-order valence-corrected chi connectivity index (χ2v) is 6.50. The summed E-state index contributed by atoms with van der Waals surface area (Å²) < 4.78 is 40.9. The van der Waals surface area contributed by atoms with E-state index in [1.54, 1.807) is 6.92 Å². The van der Waals surface area contributed by atoms with Gasteiger partial charge in [0.25, 0.3) is 10.0 Å². The van der Waals surface area contributed by atoms with Crippen LogP contribution in [0.4, 0.5) is 10.1 Å². The molecule has 0 aliphatic carbocycles. The van der Waals surface area contributed by atoms with E-state index in [2.05, 4.69) is 30.8 Å². The number of aromatic amines is 1. The molecule has 0 aliphatic rings. The van der Waals surface area contributed by atoms with E-state index >= 15 is 0 Å². The first kappa shape index (κ1) is 14.9. The Balaban J connectivity index is 2.49. The minimum atomic E-state index is -3.98. The quantitative estimate of drug-likeness (QED) is 0.772. The van der Waals surface area contributed by atoms with Gasteiger partial charge in [-0.3, -0.25) is 9.82 Å². The van der Waals surface area contributed by atoms with Crippen LogP contribution in [0, 0.1) is 12.7 Å². The van der Waals surface area contributed by atoms with Crippen molar-refractivity contribution in [3.63, 3.8) is 0 Å². The lowest BCUT2D eigenvalue weighted by molar-refractivity contribution is 0.596. The molecule has 2 aromatic rings.